The quantitative estimate of drug-likeness (QED) is 0.681. The lowest BCUT2D eigenvalue weighted by Crippen LogP contribution is -2.56. The zero-order valence-corrected chi connectivity index (χ0v) is 10.9. The van der Waals surface area contributed by atoms with Gasteiger partial charge in [0.25, 0.3) is 0 Å². The van der Waals surface area contributed by atoms with Gasteiger partial charge in [0.1, 0.15) is 0 Å². The molecule has 1 nitrogen and oxygen atoms in total. The average Bonchev–Trinajstić information content (AvgIpc) is 2.13. The van der Waals surface area contributed by atoms with Gasteiger partial charge in [-0.1, -0.05) is 26.2 Å². The first-order chi connectivity index (χ1) is 6.56. The van der Waals surface area contributed by atoms with E-state index in [1.807, 2.05) is 0 Å². The third kappa shape index (κ3) is 3.47. The standard InChI is InChI=1S/C12H25NS/c1-5-6-7-8-10(2)13-11-9-14-12(11,3)4/h10-11,13H,5-9H2,1-4H3. The van der Waals surface area contributed by atoms with Crippen LogP contribution in [0.15, 0.2) is 0 Å². The maximum atomic E-state index is 3.74. The molecule has 0 saturated carbocycles. The topological polar surface area (TPSA) is 12.0 Å². The van der Waals surface area contributed by atoms with E-state index in [1.165, 1.54) is 31.4 Å². The molecule has 2 unspecified atom stereocenters. The number of rotatable bonds is 6. The molecular formula is C12H25NS. The SMILES string of the molecule is CCCCCC(C)NC1CSC1(C)C. The van der Waals surface area contributed by atoms with E-state index < -0.39 is 0 Å². The van der Waals surface area contributed by atoms with Gasteiger partial charge in [0.15, 0.2) is 0 Å². The first-order valence-corrected chi connectivity index (χ1v) is 6.95. The van der Waals surface area contributed by atoms with Crippen LogP contribution in [0.3, 0.4) is 0 Å². The van der Waals surface area contributed by atoms with Crippen molar-refractivity contribution in [1.29, 1.82) is 0 Å². The van der Waals surface area contributed by atoms with Crippen molar-refractivity contribution in [2.45, 2.75) is 70.2 Å². The minimum atomic E-state index is 0.471. The van der Waals surface area contributed by atoms with Crippen molar-refractivity contribution in [1.82, 2.24) is 5.32 Å². The second-order valence-electron chi connectivity index (χ2n) is 5.03. The summed E-state index contributed by atoms with van der Waals surface area (Å²) < 4.78 is 0.471. The Labute approximate surface area is 93.4 Å². The molecule has 1 fully saturated rings. The molecule has 2 heteroatoms. The first kappa shape index (κ1) is 12.4. The van der Waals surface area contributed by atoms with Crippen LogP contribution in [-0.4, -0.2) is 22.6 Å². The van der Waals surface area contributed by atoms with Gasteiger partial charge in [-0.2, -0.15) is 11.8 Å². The summed E-state index contributed by atoms with van der Waals surface area (Å²) in [7, 11) is 0. The van der Waals surface area contributed by atoms with E-state index in [-0.39, 0.29) is 0 Å². The number of thioether (sulfide) groups is 1. The molecule has 0 aromatic heterocycles. The Morgan fingerprint density at radius 3 is 2.57 bits per heavy atom. The lowest BCUT2D eigenvalue weighted by atomic mass is 10.0. The van der Waals surface area contributed by atoms with E-state index in [1.54, 1.807) is 0 Å². The summed E-state index contributed by atoms with van der Waals surface area (Å²) >= 11 is 2.08. The van der Waals surface area contributed by atoms with Crippen molar-refractivity contribution in [2.24, 2.45) is 0 Å². The molecule has 0 spiro atoms. The molecule has 0 aliphatic carbocycles. The molecule has 1 heterocycles. The normalized spacial score (nSPS) is 27.0. The van der Waals surface area contributed by atoms with Gasteiger partial charge in [-0.3, -0.25) is 0 Å². The van der Waals surface area contributed by atoms with Crippen LogP contribution in [0.25, 0.3) is 0 Å². The van der Waals surface area contributed by atoms with E-state index in [0.29, 0.717) is 10.8 Å². The predicted octanol–water partition coefficient (Wildman–Crippen LogP) is 3.44. The summed E-state index contributed by atoms with van der Waals surface area (Å²) in [6.45, 7) is 9.29. The molecule has 84 valence electrons. The third-order valence-electron chi connectivity index (χ3n) is 3.19. The molecule has 0 aromatic rings. The average molecular weight is 215 g/mol. The summed E-state index contributed by atoms with van der Waals surface area (Å²) in [5, 5.41) is 3.74. The summed E-state index contributed by atoms with van der Waals surface area (Å²) in [4.78, 5) is 0. The second kappa shape index (κ2) is 5.41. The second-order valence-corrected chi connectivity index (χ2v) is 6.70. The molecule has 1 saturated heterocycles. The number of hydrogen-bond acceptors (Lipinski definition) is 2. The highest BCUT2D eigenvalue weighted by Gasteiger charge is 2.39. The number of nitrogens with one attached hydrogen (secondary N) is 1. The number of unbranched alkanes of at least 4 members (excludes halogenated alkanes) is 2. The summed E-state index contributed by atoms with van der Waals surface area (Å²) in [6.07, 6.45) is 5.43. The summed E-state index contributed by atoms with van der Waals surface area (Å²) in [5.74, 6) is 1.30. The summed E-state index contributed by atoms with van der Waals surface area (Å²) in [6, 6.07) is 1.44. The first-order valence-electron chi connectivity index (χ1n) is 5.96. The molecule has 1 aliphatic heterocycles. The van der Waals surface area contributed by atoms with E-state index in [2.05, 4.69) is 44.8 Å². The predicted molar refractivity (Wildman–Crippen MR) is 67.1 cm³/mol. The fraction of sp³-hybridized carbons (Fsp3) is 1.00. The zero-order chi connectivity index (χ0) is 10.6. The van der Waals surface area contributed by atoms with Gasteiger partial charge < -0.3 is 5.32 Å². The van der Waals surface area contributed by atoms with Crippen molar-refractivity contribution in [3.63, 3.8) is 0 Å². The highest BCUT2D eigenvalue weighted by Crippen LogP contribution is 2.40. The Morgan fingerprint density at radius 1 is 1.43 bits per heavy atom. The van der Waals surface area contributed by atoms with Crippen molar-refractivity contribution >= 4 is 11.8 Å². The smallest absolute Gasteiger partial charge is 0.0302 e. The molecule has 1 aliphatic rings. The third-order valence-corrected chi connectivity index (χ3v) is 4.72. The minimum absolute atomic E-state index is 0.471. The fourth-order valence-corrected chi connectivity index (χ4v) is 3.04. The van der Waals surface area contributed by atoms with Crippen molar-refractivity contribution in [3.8, 4) is 0 Å². The van der Waals surface area contributed by atoms with Gasteiger partial charge >= 0.3 is 0 Å². The lowest BCUT2D eigenvalue weighted by molar-refractivity contribution is 0.372. The Balaban J connectivity index is 2.11. The van der Waals surface area contributed by atoms with Crippen LogP contribution in [0, 0.1) is 0 Å². The molecule has 0 bridgehead atoms. The van der Waals surface area contributed by atoms with E-state index in [9.17, 15) is 0 Å². The Morgan fingerprint density at radius 2 is 2.14 bits per heavy atom. The molecule has 2 atom stereocenters. The lowest BCUT2D eigenvalue weighted by Gasteiger charge is -2.45. The number of hydrogen-bond donors (Lipinski definition) is 1. The Bertz CT molecular complexity index is 168. The molecule has 0 aromatic carbocycles. The highest BCUT2D eigenvalue weighted by molar-refractivity contribution is 8.02. The van der Waals surface area contributed by atoms with E-state index >= 15 is 0 Å². The van der Waals surface area contributed by atoms with Crippen LogP contribution in [0.4, 0.5) is 0 Å². The molecule has 0 radical (unpaired) electrons. The van der Waals surface area contributed by atoms with Gasteiger partial charge in [-0.25, -0.2) is 0 Å². The molecular weight excluding hydrogens is 190 g/mol. The Hall–Kier alpha value is 0.310. The zero-order valence-electron chi connectivity index (χ0n) is 10.1. The molecule has 1 rings (SSSR count). The van der Waals surface area contributed by atoms with Gasteiger partial charge in [0, 0.05) is 22.6 Å². The van der Waals surface area contributed by atoms with Gasteiger partial charge in [-0.05, 0) is 27.2 Å². The van der Waals surface area contributed by atoms with Crippen LogP contribution in [0.1, 0.15) is 53.4 Å². The van der Waals surface area contributed by atoms with E-state index in [0.717, 1.165) is 6.04 Å². The minimum Gasteiger partial charge on any atom is -0.309 e. The van der Waals surface area contributed by atoms with Crippen molar-refractivity contribution in [2.75, 3.05) is 5.75 Å². The largest absolute Gasteiger partial charge is 0.309 e. The van der Waals surface area contributed by atoms with Crippen LogP contribution in [0.2, 0.25) is 0 Å². The van der Waals surface area contributed by atoms with Crippen LogP contribution < -0.4 is 5.32 Å². The molecule has 0 amide bonds. The van der Waals surface area contributed by atoms with Gasteiger partial charge in [0.2, 0.25) is 0 Å². The Kier molecular flexibility index (Phi) is 4.78. The van der Waals surface area contributed by atoms with E-state index in [4.69, 9.17) is 0 Å². The fourth-order valence-electron chi connectivity index (χ4n) is 1.88. The maximum absolute atomic E-state index is 3.74. The maximum Gasteiger partial charge on any atom is 0.0302 e. The molecule has 1 N–H and O–H groups in total. The highest BCUT2D eigenvalue weighted by atomic mass is 32.2. The van der Waals surface area contributed by atoms with Gasteiger partial charge in [0.05, 0.1) is 0 Å². The van der Waals surface area contributed by atoms with Crippen LogP contribution in [0.5, 0.6) is 0 Å². The van der Waals surface area contributed by atoms with Crippen LogP contribution >= 0.6 is 11.8 Å². The monoisotopic (exact) mass is 215 g/mol. The molecule has 14 heavy (non-hydrogen) atoms. The van der Waals surface area contributed by atoms with Crippen molar-refractivity contribution < 1.29 is 0 Å². The summed E-state index contributed by atoms with van der Waals surface area (Å²) in [5.41, 5.74) is 0. The van der Waals surface area contributed by atoms with Crippen molar-refractivity contribution in [3.05, 3.63) is 0 Å². The van der Waals surface area contributed by atoms with Crippen LogP contribution in [-0.2, 0) is 0 Å². The van der Waals surface area contributed by atoms with Gasteiger partial charge in [-0.15, -0.1) is 0 Å².